The maximum Gasteiger partial charge on any atom is -0.0386 e. The molecule has 0 heterocycles. The van der Waals surface area contributed by atoms with E-state index in [4.69, 9.17) is 0 Å². The summed E-state index contributed by atoms with van der Waals surface area (Å²) in [5.41, 5.74) is 0. The van der Waals surface area contributed by atoms with Crippen LogP contribution in [0.15, 0.2) is 0 Å². The second-order valence-corrected chi connectivity index (χ2v) is 9.29. The van der Waals surface area contributed by atoms with Crippen molar-refractivity contribution in [3.8, 4) is 0 Å². The fourth-order valence-electron chi connectivity index (χ4n) is 4.23. The summed E-state index contributed by atoms with van der Waals surface area (Å²) in [6, 6.07) is 0. The molecule has 0 heteroatoms. The number of rotatable bonds is 25. The van der Waals surface area contributed by atoms with Crippen LogP contribution in [0.4, 0.5) is 0 Å². The Bertz CT molecular complexity index is 218. The zero-order chi connectivity index (χ0) is 20.4. The van der Waals surface area contributed by atoms with Gasteiger partial charge in [-0.25, -0.2) is 0 Å². The molecule has 0 aliphatic rings. The van der Waals surface area contributed by atoms with Gasteiger partial charge in [-0.3, -0.25) is 0 Å². The molecule has 169 valence electrons. The van der Waals surface area contributed by atoms with Gasteiger partial charge in [-0.2, -0.15) is 0 Å². The van der Waals surface area contributed by atoms with Crippen molar-refractivity contribution in [2.45, 2.75) is 174 Å². The summed E-state index contributed by atoms with van der Waals surface area (Å²) in [6.07, 6.45) is 38.9. The first-order valence-corrected chi connectivity index (χ1v) is 13.7. The molecule has 0 atom stereocenters. The molecule has 0 bridgehead atoms. The van der Waals surface area contributed by atoms with Crippen LogP contribution >= 0.6 is 0 Å². The Hall–Kier alpha value is 0. The van der Waals surface area contributed by atoms with Gasteiger partial charge in [0.2, 0.25) is 0 Å². The van der Waals surface area contributed by atoms with Crippen molar-refractivity contribution in [3.05, 3.63) is 6.42 Å². The van der Waals surface area contributed by atoms with E-state index in [0.29, 0.717) is 0 Å². The molecule has 1 radical (unpaired) electrons. The highest BCUT2D eigenvalue weighted by molar-refractivity contribution is 4.64. The molecular weight excluding hydrogens is 336 g/mol. The lowest BCUT2D eigenvalue weighted by molar-refractivity contribution is 0.524. The largest absolute Gasteiger partial charge is 0.0654 e. The minimum atomic E-state index is 1.36. The van der Waals surface area contributed by atoms with Gasteiger partial charge in [0.25, 0.3) is 0 Å². The van der Waals surface area contributed by atoms with E-state index >= 15 is 0 Å². The van der Waals surface area contributed by atoms with E-state index in [1.807, 2.05) is 0 Å². The molecule has 0 N–H and O–H groups in total. The highest BCUT2D eigenvalue weighted by Gasteiger charge is 1.96. The van der Waals surface area contributed by atoms with Crippen LogP contribution in [0.25, 0.3) is 0 Å². The summed E-state index contributed by atoms with van der Waals surface area (Å²) in [5.74, 6) is 0. The monoisotopic (exact) mass is 393 g/mol. The Balaban J connectivity index is 2.96. The van der Waals surface area contributed by atoms with Crippen LogP contribution in [0.1, 0.15) is 174 Å². The van der Waals surface area contributed by atoms with Crippen molar-refractivity contribution in [3.63, 3.8) is 0 Å². The first kappa shape index (κ1) is 28.0. The first-order valence-electron chi connectivity index (χ1n) is 13.7. The Morgan fingerprint density at radius 1 is 0.286 bits per heavy atom. The molecule has 0 nitrogen and oxygen atoms in total. The third-order valence-electron chi connectivity index (χ3n) is 6.27. The van der Waals surface area contributed by atoms with Gasteiger partial charge in [-0.15, -0.1) is 0 Å². The summed E-state index contributed by atoms with van der Waals surface area (Å²) >= 11 is 0. The minimum absolute atomic E-state index is 1.36. The molecule has 0 aliphatic carbocycles. The van der Waals surface area contributed by atoms with E-state index in [2.05, 4.69) is 20.3 Å². The molecule has 0 rings (SSSR count). The van der Waals surface area contributed by atoms with Gasteiger partial charge < -0.3 is 0 Å². The van der Waals surface area contributed by atoms with Crippen molar-refractivity contribution >= 4 is 0 Å². The van der Waals surface area contributed by atoms with E-state index in [9.17, 15) is 0 Å². The van der Waals surface area contributed by atoms with Crippen molar-refractivity contribution in [1.82, 2.24) is 0 Å². The van der Waals surface area contributed by atoms with Crippen LogP contribution in [-0.2, 0) is 0 Å². The molecule has 0 amide bonds. The molecule has 0 spiro atoms. The smallest absolute Gasteiger partial charge is 0.0386 e. The molecule has 0 saturated heterocycles. The van der Waals surface area contributed by atoms with Crippen molar-refractivity contribution < 1.29 is 0 Å². The fraction of sp³-hybridized carbons (Fsp3) is 0.964. The average Bonchev–Trinajstić information content (AvgIpc) is 2.71. The van der Waals surface area contributed by atoms with Crippen LogP contribution in [-0.4, -0.2) is 0 Å². The molecule has 0 aromatic heterocycles. The van der Waals surface area contributed by atoms with Crippen LogP contribution in [0.2, 0.25) is 0 Å². The lowest BCUT2D eigenvalue weighted by Crippen LogP contribution is -1.85. The predicted molar refractivity (Wildman–Crippen MR) is 131 cm³/mol. The summed E-state index contributed by atoms with van der Waals surface area (Å²) in [4.78, 5) is 0. The van der Waals surface area contributed by atoms with E-state index in [1.54, 1.807) is 0 Å². The van der Waals surface area contributed by atoms with Gasteiger partial charge in [0.1, 0.15) is 0 Å². The fourth-order valence-corrected chi connectivity index (χ4v) is 4.23. The minimum Gasteiger partial charge on any atom is -0.0654 e. The number of hydrogen-bond donors (Lipinski definition) is 0. The SMILES string of the molecule is CCCCCCC[CH]CCCCCCCCCCCCCCCCCCCC. The van der Waals surface area contributed by atoms with Crippen molar-refractivity contribution in [2.24, 2.45) is 0 Å². The van der Waals surface area contributed by atoms with Gasteiger partial charge in [-0.1, -0.05) is 174 Å². The zero-order valence-corrected chi connectivity index (χ0v) is 20.3. The van der Waals surface area contributed by atoms with Crippen molar-refractivity contribution in [2.75, 3.05) is 0 Å². The van der Waals surface area contributed by atoms with Crippen LogP contribution in [0.5, 0.6) is 0 Å². The molecular formula is C28H57. The van der Waals surface area contributed by atoms with E-state index in [1.165, 1.54) is 161 Å². The Morgan fingerprint density at radius 2 is 0.500 bits per heavy atom. The summed E-state index contributed by atoms with van der Waals surface area (Å²) in [5, 5.41) is 0. The average molecular weight is 394 g/mol. The first-order chi connectivity index (χ1) is 13.9. The second-order valence-electron chi connectivity index (χ2n) is 9.29. The third-order valence-corrected chi connectivity index (χ3v) is 6.27. The molecule has 0 aromatic rings. The molecule has 0 aliphatic heterocycles. The maximum absolute atomic E-state index is 2.55. The molecule has 28 heavy (non-hydrogen) atoms. The quantitative estimate of drug-likeness (QED) is 0.135. The van der Waals surface area contributed by atoms with E-state index in [-0.39, 0.29) is 0 Å². The summed E-state index contributed by atoms with van der Waals surface area (Å²) < 4.78 is 0. The normalized spacial score (nSPS) is 11.4. The van der Waals surface area contributed by atoms with Gasteiger partial charge in [-0.05, 0) is 6.42 Å². The lowest BCUT2D eigenvalue weighted by atomic mass is 10.0. The Morgan fingerprint density at radius 3 is 0.750 bits per heavy atom. The predicted octanol–water partition coefficient (Wildman–Crippen LogP) is 11.0. The van der Waals surface area contributed by atoms with Gasteiger partial charge in [0.05, 0.1) is 0 Å². The highest BCUT2D eigenvalue weighted by atomic mass is 14.0. The topological polar surface area (TPSA) is 0 Å². The molecule has 0 fully saturated rings. The highest BCUT2D eigenvalue weighted by Crippen LogP contribution is 2.15. The van der Waals surface area contributed by atoms with E-state index in [0.717, 1.165) is 0 Å². The number of hydrogen-bond acceptors (Lipinski definition) is 0. The summed E-state index contributed by atoms with van der Waals surface area (Å²) in [6.45, 7) is 4.60. The Labute approximate surface area is 181 Å². The van der Waals surface area contributed by atoms with Gasteiger partial charge in [0.15, 0.2) is 0 Å². The van der Waals surface area contributed by atoms with Crippen molar-refractivity contribution in [1.29, 1.82) is 0 Å². The van der Waals surface area contributed by atoms with Crippen LogP contribution in [0, 0.1) is 6.42 Å². The van der Waals surface area contributed by atoms with Gasteiger partial charge in [0, 0.05) is 0 Å². The summed E-state index contributed by atoms with van der Waals surface area (Å²) in [7, 11) is 0. The Kier molecular flexibility index (Phi) is 27.0. The standard InChI is InChI=1S/C28H57/c1-3-5-7-9-11-13-15-17-19-21-23-25-27-28-26-24-22-20-18-16-14-12-10-8-6-4-2/h15H,3-14,16-28H2,1-2H3. The molecule has 0 aromatic carbocycles. The molecule has 0 unspecified atom stereocenters. The van der Waals surface area contributed by atoms with Gasteiger partial charge >= 0.3 is 0 Å². The lowest BCUT2D eigenvalue weighted by Gasteiger charge is -2.04. The zero-order valence-electron chi connectivity index (χ0n) is 20.3. The number of unbranched alkanes of at least 4 members (excludes halogenated alkanes) is 25. The third kappa shape index (κ3) is 26.0. The second kappa shape index (κ2) is 27.0. The van der Waals surface area contributed by atoms with E-state index < -0.39 is 0 Å². The van der Waals surface area contributed by atoms with Crippen LogP contribution < -0.4 is 0 Å². The maximum atomic E-state index is 2.55. The van der Waals surface area contributed by atoms with Crippen LogP contribution in [0.3, 0.4) is 0 Å². The molecule has 0 saturated carbocycles.